The summed E-state index contributed by atoms with van der Waals surface area (Å²) in [5, 5.41) is 3.56. The van der Waals surface area contributed by atoms with Crippen molar-refractivity contribution in [2.45, 2.75) is 19.8 Å². The lowest BCUT2D eigenvalue weighted by atomic mass is 10.0. The van der Waals surface area contributed by atoms with E-state index in [0.29, 0.717) is 54.8 Å². The molecule has 0 bridgehead atoms. The first-order valence-electron chi connectivity index (χ1n) is 8.15. The number of hydrogen-bond donors (Lipinski definition) is 1. The number of carbonyl (C=O) groups excluding carboxylic acids is 3. The fraction of sp³-hybridized carbons (Fsp3) is 0.471. The van der Waals surface area contributed by atoms with E-state index in [1.54, 1.807) is 28.0 Å². The second kappa shape index (κ2) is 6.84. The van der Waals surface area contributed by atoms with Crippen LogP contribution in [0.25, 0.3) is 0 Å². The summed E-state index contributed by atoms with van der Waals surface area (Å²) in [6, 6.07) is 4.79. The highest BCUT2D eigenvalue weighted by Gasteiger charge is 2.58. The molecule has 1 N–H and O–H groups in total. The van der Waals surface area contributed by atoms with Gasteiger partial charge in [0.25, 0.3) is 0 Å². The van der Waals surface area contributed by atoms with Crippen LogP contribution in [0.5, 0.6) is 0 Å². The Bertz CT molecular complexity index is 726. The predicted molar refractivity (Wildman–Crippen MR) is 95.6 cm³/mol. The summed E-state index contributed by atoms with van der Waals surface area (Å²) in [5.41, 5.74) is -0.621. The van der Waals surface area contributed by atoms with E-state index in [2.05, 4.69) is 5.32 Å². The zero-order valence-corrected chi connectivity index (χ0v) is 15.4. The van der Waals surface area contributed by atoms with Crippen molar-refractivity contribution in [1.29, 1.82) is 0 Å². The van der Waals surface area contributed by atoms with E-state index in [1.165, 1.54) is 6.92 Å². The van der Waals surface area contributed by atoms with E-state index in [1.807, 2.05) is 0 Å². The van der Waals surface area contributed by atoms with Crippen LogP contribution in [-0.4, -0.2) is 53.7 Å². The molecule has 0 radical (unpaired) electrons. The van der Waals surface area contributed by atoms with E-state index >= 15 is 0 Å². The molecule has 0 atom stereocenters. The molecule has 0 unspecified atom stereocenters. The number of anilines is 1. The highest BCUT2D eigenvalue weighted by atomic mass is 35.5. The molecule has 0 spiro atoms. The zero-order valence-electron chi connectivity index (χ0n) is 13.8. The van der Waals surface area contributed by atoms with Gasteiger partial charge in [-0.25, -0.2) is 0 Å². The van der Waals surface area contributed by atoms with Gasteiger partial charge in [-0.3, -0.25) is 14.4 Å². The average Bonchev–Trinajstić information content (AvgIpc) is 3.39. The van der Waals surface area contributed by atoms with Crippen molar-refractivity contribution in [3.8, 4) is 0 Å². The molecule has 1 aromatic carbocycles. The van der Waals surface area contributed by atoms with Gasteiger partial charge in [-0.15, -0.1) is 0 Å². The molecule has 3 amide bonds. The number of hydrogen-bond acceptors (Lipinski definition) is 3. The first-order valence-corrected chi connectivity index (χ1v) is 8.90. The van der Waals surface area contributed by atoms with Crippen LogP contribution in [0.1, 0.15) is 19.8 Å². The first-order chi connectivity index (χ1) is 11.8. The van der Waals surface area contributed by atoms with Gasteiger partial charge < -0.3 is 15.1 Å². The molecule has 3 rings (SSSR count). The third-order valence-corrected chi connectivity index (χ3v) is 5.35. The number of rotatable bonds is 3. The van der Waals surface area contributed by atoms with Crippen LogP contribution in [0, 0.1) is 5.41 Å². The minimum absolute atomic E-state index is 0.00146. The molecule has 1 saturated heterocycles. The lowest BCUT2D eigenvalue weighted by molar-refractivity contribution is -0.146. The number of carbonyl (C=O) groups is 3. The van der Waals surface area contributed by atoms with Crippen LogP contribution in [0.4, 0.5) is 5.69 Å². The summed E-state index contributed by atoms with van der Waals surface area (Å²) < 4.78 is 0. The van der Waals surface area contributed by atoms with Gasteiger partial charge in [0.05, 0.1) is 10.7 Å². The number of benzene rings is 1. The van der Waals surface area contributed by atoms with Crippen molar-refractivity contribution >= 4 is 46.6 Å². The Balaban J connectivity index is 1.67. The summed E-state index contributed by atoms with van der Waals surface area (Å²) >= 11 is 12.0. The predicted octanol–water partition coefficient (Wildman–Crippen LogP) is 2.40. The Kier molecular flexibility index (Phi) is 4.93. The third-order valence-electron chi connectivity index (χ3n) is 4.78. The molecule has 134 valence electrons. The van der Waals surface area contributed by atoms with Crippen molar-refractivity contribution < 1.29 is 14.4 Å². The quantitative estimate of drug-likeness (QED) is 0.814. The van der Waals surface area contributed by atoms with E-state index in [9.17, 15) is 14.4 Å². The van der Waals surface area contributed by atoms with E-state index in [-0.39, 0.29) is 17.7 Å². The highest BCUT2D eigenvalue weighted by molar-refractivity contribution is 6.36. The topological polar surface area (TPSA) is 69.7 Å². The normalized spacial score (nSPS) is 18.7. The lowest BCUT2D eigenvalue weighted by Gasteiger charge is -2.35. The van der Waals surface area contributed by atoms with Gasteiger partial charge in [0.2, 0.25) is 17.7 Å². The monoisotopic (exact) mass is 383 g/mol. The molecule has 2 aliphatic rings. The Labute approximate surface area is 156 Å². The first kappa shape index (κ1) is 18.0. The van der Waals surface area contributed by atoms with E-state index in [4.69, 9.17) is 23.2 Å². The molecule has 1 saturated carbocycles. The largest absolute Gasteiger partial charge is 0.339 e. The summed E-state index contributed by atoms with van der Waals surface area (Å²) in [5.74, 6) is -0.524. The molecule has 1 heterocycles. The second-order valence-electron chi connectivity index (χ2n) is 6.46. The molecule has 1 aromatic rings. The molecule has 8 heteroatoms. The lowest BCUT2D eigenvalue weighted by Crippen LogP contribution is -2.53. The number of amides is 3. The highest BCUT2D eigenvalue weighted by Crippen LogP contribution is 2.48. The minimum atomic E-state index is -1.02. The van der Waals surface area contributed by atoms with Crippen molar-refractivity contribution in [3.63, 3.8) is 0 Å². The molecule has 0 aromatic heterocycles. The van der Waals surface area contributed by atoms with Crippen LogP contribution >= 0.6 is 23.2 Å². The van der Waals surface area contributed by atoms with Gasteiger partial charge in [0.1, 0.15) is 5.41 Å². The zero-order chi connectivity index (χ0) is 18.2. The average molecular weight is 384 g/mol. The molecular formula is C17H19Cl2N3O3. The summed E-state index contributed by atoms with van der Waals surface area (Å²) in [7, 11) is 0. The maximum atomic E-state index is 12.8. The maximum absolute atomic E-state index is 12.8. The van der Waals surface area contributed by atoms with Gasteiger partial charge >= 0.3 is 0 Å². The van der Waals surface area contributed by atoms with Gasteiger partial charge in [0, 0.05) is 38.1 Å². The van der Waals surface area contributed by atoms with E-state index in [0.717, 1.165) is 0 Å². The number of halogens is 2. The third kappa shape index (κ3) is 3.60. The van der Waals surface area contributed by atoms with Crippen molar-refractivity contribution in [2.75, 3.05) is 31.5 Å². The number of nitrogens with one attached hydrogen (secondary N) is 1. The standard InChI is InChI=1S/C17H19Cl2N3O3/c1-11(23)21-6-8-22(9-7-21)16(25)17(4-5-17)15(24)20-14-10-12(18)2-3-13(14)19/h2-3,10H,4-9H2,1H3,(H,20,24). The number of nitrogens with zero attached hydrogens (tertiary/aromatic N) is 2. The van der Waals surface area contributed by atoms with Crippen molar-refractivity contribution in [1.82, 2.24) is 9.80 Å². The van der Waals surface area contributed by atoms with Crippen LogP contribution in [-0.2, 0) is 14.4 Å². The molecule has 25 heavy (non-hydrogen) atoms. The van der Waals surface area contributed by atoms with Crippen molar-refractivity contribution in [2.24, 2.45) is 5.41 Å². The van der Waals surface area contributed by atoms with Crippen LogP contribution in [0.2, 0.25) is 10.0 Å². The summed E-state index contributed by atoms with van der Waals surface area (Å²) in [4.78, 5) is 40.3. The summed E-state index contributed by atoms with van der Waals surface area (Å²) in [6.07, 6.45) is 1.03. The maximum Gasteiger partial charge on any atom is 0.240 e. The number of piperazine rings is 1. The molecular weight excluding hydrogens is 365 g/mol. The molecule has 6 nitrogen and oxygen atoms in total. The second-order valence-corrected chi connectivity index (χ2v) is 7.30. The van der Waals surface area contributed by atoms with Crippen LogP contribution < -0.4 is 5.32 Å². The Hall–Kier alpha value is -1.79. The Morgan fingerprint density at radius 1 is 1.04 bits per heavy atom. The fourth-order valence-corrected chi connectivity index (χ4v) is 3.36. The Morgan fingerprint density at radius 2 is 1.64 bits per heavy atom. The Morgan fingerprint density at radius 3 is 2.20 bits per heavy atom. The van der Waals surface area contributed by atoms with Crippen LogP contribution in [0.3, 0.4) is 0 Å². The van der Waals surface area contributed by atoms with Crippen molar-refractivity contribution in [3.05, 3.63) is 28.2 Å². The molecule has 2 fully saturated rings. The SMILES string of the molecule is CC(=O)N1CCN(C(=O)C2(C(=O)Nc3cc(Cl)ccc3Cl)CC2)CC1. The fourth-order valence-electron chi connectivity index (χ4n) is 3.03. The smallest absolute Gasteiger partial charge is 0.240 e. The van der Waals surface area contributed by atoms with E-state index < -0.39 is 5.41 Å². The summed E-state index contributed by atoms with van der Waals surface area (Å²) in [6.45, 7) is 3.41. The van der Waals surface area contributed by atoms with Gasteiger partial charge in [-0.05, 0) is 31.0 Å². The minimum Gasteiger partial charge on any atom is -0.339 e. The van der Waals surface area contributed by atoms with Gasteiger partial charge in [-0.2, -0.15) is 0 Å². The van der Waals surface area contributed by atoms with Gasteiger partial charge in [-0.1, -0.05) is 23.2 Å². The van der Waals surface area contributed by atoms with Gasteiger partial charge in [0.15, 0.2) is 0 Å². The molecule has 1 aliphatic carbocycles. The van der Waals surface area contributed by atoms with Crippen LogP contribution in [0.15, 0.2) is 18.2 Å². The molecule has 1 aliphatic heterocycles.